The maximum atomic E-state index is 13.3. The standard InChI is InChI=1S/C22H18BrNO3S/c1-15-7-13-19(14-8-15)28(26,27)24-20(16-5-3-2-4-6-16)21(24)22(25)17-9-11-18(23)12-10-17/h2-14,20-21H,1H3/t20-,21+,24?/m0/s1. The summed E-state index contributed by atoms with van der Waals surface area (Å²) < 4.78 is 28.7. The predicted molar refractivity (Wildman–Crippen MR) is 112 cm³/mol. The molecule has 0 amide bonds. The number of Topliss-reactive ketones (excluding diaryl/α,β-unsaturated/α-hetero) is 1. The van der Waals surface area contributed by atoms with Crippen molar-refractivity contribution in [2.24, 2.45) is 0 Å². The average molecular weight is 456 g/mol. The second-order valence-corrected chi connectivity index (χ2v) is 9.58. The summed E-state index contributed by atoms with van der Waals surface area (Å²) in [4.78, 5) is 13.3. The van der Waals surface area contributed by atoms with Crippen molar-refractivity contribution in [1.29, 1.82) is 0 Å². The summed E-state index contributed by atoms with van der Waals surface area (Å²) in [5, 5.41) is 0. The Hall–Kier alpha value is -2.28. The Morgan fingerprint density at radius 1 is 0.893 bits per heavy atom. The highest BCUT2D eigenvalue weighted by Gasteiger charge is 2.60. The van der Waals surface area contributed by atoms with Gasteiger partial charge in [0.1, 0.15) is 6.04 Å². The molecule has 1 unspecified atom stereocenters. The van der Waals surface area contributed by atoms with E-state index in [1.165, 1.54) is 4.31 Å². The number of halogens is 1. The summed E-state index contributed by atoms with van der Waals surface area (Å²) in [6.45, 7) is 1.90. The molecule has 3 atom stereocenters. The summed E-state index contributed by atoms with van der Waals surface area (Å²) in [6.07, 6.45) is 0. The lowest BCUT2D eigenvalue weighted by Gasteiger charge is -2.07. The van der Waals surface area contributed by atoms with Crippen molar-refractivity contribution in [1.82, 2.24) is 4.31 Å². The van der Waals surface area contributed by atoms with E-state index in [2.05, 4.69) is 15.9 Å². The van der Waals surface area contributed by atoms with Crippen LogP contribution < -0.4 is 0 Å². The van der Waals surface area contributed by atoms with Crippen molar-refractivity contribution >= 4 is 31.7 Å². The fraction of sp³-hybridized carbons (Fsp3) is 0.136. The van der Waals surface area contributed by atoms with Gasteiger partial charge in [-0.3, -0.25) is 4.79 Å². The van der Waals surface area contributed by atoms with Crippen LogP contribution in [-0.2, 0) is 10.0 Å². The third-order valence-electron chi connectivity index (χ3n) is 4.89. The molecule has 0 saturated carbocycles. The maximum absolute atomic E-state index is 13.3. The molecule has 6 heteroatoms. The minimum absolute atomic E-state index is 0.197. The first-order valence-electron chi connectivity index (χ1n) is 8.84. The van der Waals surface area contributed by atoms with Crippen molar-refractivity contribution in [3.8, 4) is 0 Å². The molecule has 0 aromatic heterocycles. The summed E-state index contributed by atoms with van der Waals surface area (Å²) in [5.74, 6) is -0.197. The summed E-state index contributed by atoms with van der Waals surface area (Å²) in [7, 11) is -3.79. The molecule has 3 aromatic rings. The number of hydrogen-bond acceptors (Lipinski definition) is 3. The van der Waals surface area contributed by atoms with Gasteiger partial charge in [0.05, 0.1) is 10.9 Å². The van der Waals surface area contributed by atoms with Gasteiger partial charge in [-0.2, -0.15) is 4.31 Å². The number of aryl methyl sites for hydroxylation is 1. The van der Waals surface area contributed by atoms with E-state index in [-0.39, 0.29) is 10.7 Å². The summed E-state index contributed by atoms with van der Waals surface area (Å²) in [6, 6.07) is 21.8. The molecule has 28 heavy (non-hydrogen) atoms. The van der Waals surface area contributed by atoms with E-state index >= 15 is 0 Å². The molecule has 0 bridgehead atoms. The molecular weight excluding hydrogens is 438 g/mol. The van der Waals surface area contributed by atoms with Gasteiger partial charge in [-0.25, -0.2) is 8.42 Å². The zero-order chi connectivity index (χ0) is 19.9. The number of carbonyl (C=O) groups excluding carboxylic acids is 1. The lowest BCUT2D eigenvalue weighted by molar-refractivity contribution is 0.0981. The lowest BCUT2D eigenvalue weighted by Crippen LogP contribution is -2.19. The molecule has 0 aliphatic carbocycles. The highest BCUT2D eigenvalue weighted by atomic mass is 79.9. The smallest absolute Gasteiger partial charge is 0.244 e. The first-order chi connectivity index (χ1) is 13.4. The van der Waals surface area contributed by atoms with Crippen molar-refractivity contribution in [3.05, 3.63) is 100 Å². The van der Waals surface area contributed by atoms with Crippen LogP contribution in [0.3, 0.4) is 0 Å². The Kier molecular flexibility index (Phi) is 4.95. The average Bonchev–Trinajstić information content (AvgIpc) is 3.46. The Morgan fingerprint density at radius 3 is 2.11 bits per heavy atom. The first-order valence-corrected chi connectivity index (χ1v) is 11.1. The number of hydrogen-bond donors (Lipinski definition) is 0. The summed E-state index contributed by atoms with van der Waals surface area (Å²) >= 11 is 3.36. The quantitative estimate of drug-likeness (QED) is 0.411. The van der Waals surface area contributed by atoms with Crippen molar-refractivity contribution in [3.63, 3.8) is 0 Å². The van der Waals surface area contributed by atoms with Gasteiger partial charge in [-0.05, 0) is 36.8 Å². The number of carbonyl (C=O) groups is 1. The van der Waals surface area contributed by atoms with E-state index in [1.54, 1.807) is 48.5 Å². The van der Waals surface area contributed by atoms with Gasteiger partial charge in [-0.1, -0.05) is 76.1 Å². The lowest BCUT2D eigenvalue weighted by atomic mass is 10.0. The van der Waals surface area contributed by atoms with E-state index in [9.17, 15) is 13.2 Å². The molecule has 3 aromatic carbocycles. The minimum atomic E-state index is -3.79. The molecule has 4 rings (SSSR count). The third kappa shape index (κ3) is 3.43. The van der Waals surface area contributed by atoms with Crippen LogP contribution in [0, 0.1) is 6.92 Å². The van der Waals surface area contributed by atoms with Crippen LogP contribution in [0.25, 0.3) is 0 Å². The normalized spacial score (nSPS) is 21.3. The number of sulfonamides is 1. The van der Waals surface area contributed by atoms with E-state index < -0.39 is 22.1 Å². The fourth-order valence-corrected chi connectivity index (χ4v) is 5.35. The highest BCUT2D eigenvalue weighted by Crippen LogP contribution is 2.49. The van der Waals surface area contributed by atoms with E-state index in [4.69, 9.17) is 0 Å². The molecule has 0 N–H and O–H groups in total. The van der Waals surface area contributed by atoms with Gasteiger partial charge < -0.3 is 0 Å². The molecule has 1 fully saturated rings. The van der Waals surface area contributed by atoms with Crippen LogP contribution in [0.15, 0.2) is 88.2 Å². The van der Waals surface area contributed by atoms with Crippen molar-refractivity contribution in [2.75, 3.05) is 0 Å². The van der Waals surface area contributed by atoms with Crippen LogP contribution in [0.4, 0.5) is 0 Å². The van der Waals surface area contributed by atoms with E-state index in [0.29, 0.717) is 5.56 Å². The second kappa shape index (κ2) is 7.28. The molecule has 4 nitrogen and oxygen atoms in total. The number of ketones is 1. The Labute approximate surface area is 173 Å². The van der Waals surface area contributed by atoms with Crippen LogP contribution in [-0.4, -0.2) is 24.5 Å². The van der Waals surface area contributed by atoms with Crippen LogP contribution >= 0.6 is 15.9 Å². The van der Waals surface area contributed by atoms with Gasteiger partial charge in [0.15, 0.2) is 5.78 Å². The van der Waals surface area contributed by atoms with Gasteiger partial charge >= 0.3 is 0 Å². The zero-order valence-electron chi connectivity index (χ0n) is 15.1. The van der Waals surface area contributed by atoms with Crippen LogP contribution in [0.1, 0.15) is 27.5 Å². The van der Waals surface area contributed by atoms with Crippen molar-refractivity contribution in [2.45, 2.75) is 23.9 Å². The molecular formula is C22H18BrNO3S. The number of benzene rings is 3. The fourth-order valence-electron chi connectivity index (χ4n) is 3.37. The molecule has 1 aliphatic heterocycles. The molecule has 142 valence electrons. The van der Waals surface area contributed by atoms with Gasteiger partial charge in [0, 0.05) is 10.0 Å². The second-order valence-electron chi connectivity index (χ2n) is 6.82. The molecule has 1 aliphatic rings. The van der Waals surface area contributed by atoms with Crippen LogP contribution in [0.5, 0.6) is 0 Å². The molecule has 1 saturated heterocycles. The largest absolute Gasteiger partial charge is 0.292 e. The monoisotopic (exact) mass is 455 g/mol. The van der Waals surface area contributed by atoms with E-state index in [0.717, 1.165) is 15.6 Å². The van der Waals surface area contributed by atoms with Gasteiger partial charge in [0.25, 0.3) is 0 Å². The SMILES string of the molecule is Cc1ccc(S(=O)(=O)N2[C@@H](C(=O)c3ccc(Br)cc3)[C@@H]2c2ccccc2)cc1. The Morgan fingerprint density at radius 2 is 1.50 bits per heavy atom. The summed E-state index contributed by atoms with van der Waals surface area (Å²) in [5.41, 5.74) is 2.29. The van der Waals surface area contributed by atoms with Crippen LogP contribution in [0.2, 0.25) is 0 Å². The third-order valence-corrected chi connectivity index (χ3v) is 7.30. The van der Waals surface area contributed by atoms with E-state index in [1.807, 2.05) is 37.3 Å². The molecule has 0 spiro atoms. The van der Waals surface area contributed by atoms with Crippen molar-refractivity contribution < 1.29 is 13.2 Å². The molecule has 0 radical (unpaired) electrons. The number of rotatable bonds is 5. The zero-order valence-corrected chi connectivity index (χ0v) is 17.5. The molecule has 1 heterocycles. The highest BCUT2D eigenvalue weighted by molar-refractivity contribution is 9.10. The maximum Gasteiger partial charge on any atom is 0.244 e. The minimum Gasteiger partial charge on any atom is -0.292 e. The Bertz CT molecular complexity index is 1110. The number of nitrogens with zero attached hydrogens (tertiary/aromatic N) is 1. The Balaban J connectivity index is 1.74. The predicted octanol–water partition coefficient (Wildman–Crippen LogP) is 4.75. The first kappa shape index (κ1) is 19.1. The van der Waals surface area contributed by atoms with Gasteiger partial charge in [0.2, 0.25) is 10.0 Å². The topological polar surface area (TPSA) is 54.2 Å². The van der Waals surface area contributed by atoms with Gasteiger partial charge in [-0.15, -0.1) is 0 Å².